The van der Waals surface area contributed by atoms with Crippen LogP contribution in [0.5, 0.6) is 0 Å². The highest BCUT2D eigenvalue weighted by atomic mass is 35.5. The number of amides is 1. The Kier molecular flexibility index (Phi) is 5.76. The molecule has 33 heavy (non-hydrogen) atoms. The molecule has 1 aromatic carbocycles. The zero-order valence-electron chi connectivity index (χ0n) is 18.5. The minimum atomic E-state index is -0.250. The molecule has 1 atom stereocenters. The van der Waals surface area contributed by atoms with Crippen LogP contribution in [-0.2, 0) is 13.5 Å². The first-order chi connectivity index (χ1) is 16.0. The molecule has 1 amide bonds. The normalized spacial score (nSPS) is 16.3. The zero-order chi connectivity index (χ0) is 22.9. The van der Waals surface area contributed by atoms with Gasteiger partial charge in [0.25, 0.3) is 5.91 Å². The molecule has 3 aromatic heterocycles. The van der Waals surface area contributed by atoms with Gasteiger partial charge in [-0.2, -0.15) is 5.10 Å². The Balaban J connectivity index is 1.36. The number of halogens is 1. The first kappa shape index (κ1) is 21.5. The molecule has 5 rings (SSSR count). The van der Waals surface area contributed by atoms with Crippen molar-refractivity contribution in [3.8, 4) is 11.3 Å². The lowest BCUT2D eigenvalue weighted by Crippen LogP contribution is -2.38. The van der Waals surface area contributed by atoms with Crippen LogP contribution in [0.25, 0.3) is 11.3 Å². The van der Waals surface area contributed by atoms with Crippen molar-refractivity contribution < 1.29 is 13.7 Å². The molecule has 1 saturated heterocycles. The van der Waals surface area contributed by atoms with Gasteiger partial charge in [0.1, 0.15) is 17.5 Å². The summed E-state index contributed by atoms with van der Waals surface area (Å²) in [5.74, 6) is 1.23. The third-order valence-electron chi connectivity index (χ3n) is 5.95. The summed E-state index contributed by atoms with van der Waals surface area (Å²) in [6.07, 6.45) is 6.81. The van der Waals surface area contributed by atoms with E-state index in [1.54, 1.807) is 21.8 Å². The van der Waals surface area contributed by atoms with Crippen molar-refractivity contribution in [1.29, 1.82) is 0 Å². The summed E-state index contributed by atoms with van der Waals surface area (Å²) in [6, 6.07) is 9.09. The van der Waals surface area contributed by atoms with Gasteiger partial charge in [-0.25, -0.2) is 4.98 Å². The Morgan fingerprint density at radius 1 is 1.27 bits per heavy atom. The van der Waals surface area contributed by atoms with Crippen molar-refractivity contribution in [2.24, 2.45) is 7.05 Å². The van der Waals surface area contributed by atoms with Crippen LogP contribution in [-0.4, -0.2) is 37.3 Å². The maximum Gasteiger partial charge on any atom is 0.293 e. The second kappa shape index (κ2) is 8.86. The summed E-state index contributed by atoms with van der Waals surface area (Å²) in [5, 5.41) is 9.13. The number of hydrogen-bond acceptors (Lipinski definition) is 6. The SMILES string of the molecule is Cc1nn(C)cc1-c1cc(C(=O)N2CCCC[C@H]2c2ncc(Cc3ccccc3Cl)o2)on1. The lowest BCUT2D eigenvalue weighted by molar-refractivity contribution is 0.0528. The Hall–Kier alpha value is -3.39. The first-order valence-corrected chi connectivity index (χ1v) is 11.3. The maximum absolute atomic E-state index is 13.3. The van der Waals surface area contributed by atoms with E-state index in [0.717, 1.165) is 36.1 Å². The monoisotopic (exact) mass is 465 g/mol. The second-order valence-corrected chi connectivity index (χ2v) is 8.73. The van der Waals surface area contributed by atoms with Crippen LogP contribution in [0.1, 0.15) is 58.8 Å². The van der Waals surface area contributed by atoms with E-state index in [1.807, 2.05) is 44.4 Å². The van der Waals surface area contributed by atoms with Gasteiger partial charge in [0.15, 0.2) is 0 Å². The predicted octanol–water partition coefficient (Wildman–Crippen LogP) is 4.98. The number of aromatic nitrogens is 4. The van der Waals surface area contributed by atoms with Gasteiger partial charge in [0.2, 0.25) is 11.7 Å². The molecule has 0 radical (unpaired) electrons. The molecule has 0 aliphatic carbocycles. The average molecular weight is 466 g/mol. The summed E-state index contributed by atoms with van der Waals surface area (Å²) in [6.45, 7) is 2.50. The Morgan fingerprint density at radius 2 is 2.12 bits per heavy atom. The molecule has 0 bridgehead atoms. The van der Waals surface area contributed by atoms with Crippen molar-refractivity contribution in [2.45, 2.75) is 38.6 Å². The number of piperidine rings is 1. The van der Waals surface area contributed by atoms with E-state index in [-0.39, 0.29) is 17.7 Å². The molecule has 9 heteroatoms. The van der Waals surface area contributed by atoms with E-state index in [4.69, 9.17) is 20.5 Å². The number of nitrogens with zero attached hydrogens (tertiary/aromatic N) is 5. The number of carbonyl (C=O) groups is 1. The van der Waals surface area contributed by atoms with Gasteiger partial charge in [0, 0.05) is 42.9 Å². The summed E-state index contributed by atoms with van der Waals surface area (Å²) < 4.78 is 13.2. The molecular formula is C24H24ClN5O3. The minimum Gasteiger partial charge on any atom is -0.443 e. The summed E-state index contributed by atoms with van der Waals surface area (Å²) >= 11 is 6.28. The highest BCUT2D eigenvalue weighted by Crippen LogP contribution is 2.33. The highest BCUT2D eigenvalue weighted by molar-refractivity contribution is 6.31. The van der Waals surface area contributed by atoms with Gasteiger partial charge in [-0.15, -0.1) is 0 Å². The summed E-state index contributed by atoms with van der Waals surface area (Å²) in [5.41, 5.74) is 3.23. The van der Waals surface area contributed by atoms with Crippen molar-refractivity contribution in [2.75, 3.05) is 6.54 Å². The number of benzene rings is 1. The van der Waals surface area contributed by atoms with Gasteiger partial charge in [-0.1, -0.05) is 35.0 Å². The van der Waals surface area contributed by atoms with Crippen molar-refractivity contribution in [1.82, 2.24) is 24.8 Å². The largest absolute Gasteiger partial charge is 0.443 e. The summed E-state index contributed by atoms with van der Waals surface area (Å²) in [4.78, 5) is 19.6. The van der Waals surface area contributed by atoms with Crippen LogP contribution in [0, 0.1) is 6.92 Å². The molecule has 4 heterocycles. The Labute approximate surface area is 196 Å². The number of rotatable bonds is 5. The molecule has 1 aliphatic rings. The predicted molar refractivity (Wildman–Crippen MR) is 122 cm³/mol. The fraction of sp³-hybridized carbons (Fsp3) is 0.333. The van der Waals surface area contributed by atoms with Crippen LogP contribution < -0.4 is 0 Å². The van der Waals surface area contributed by atoms with E-state index in [2.05, 4.69) is 15.2 Å². The van der Waals surface area contributed by atoms with E-state index >= 15 is 0 Å². The molecule has 170 valence electrons. The Bertz CT molecular complexity index is 1290. The molecule has 0 unspecified atom stereocenters. The molecule has 0 N–H and O–H groups in total. The van der Waals surface area contributed by atoms with Gasteiger partial charge < -0.3 is 13.8 Å². The van der Waals surface area contributed by atoms with Crippen LogP contribution in [0.2, 0.25) is 5.02 Å². The standard InChI is InChI=1S/C24H24ClN5O3/c1-15-18(14-29(2)27-15)20-12-22(33-28-20)24(31)30-10-6-5-9-21(30)23-26-13-17(32-23)11-16-7-3-4-8-19(16)25/h3-4,7-8,12-14,21H,5-6,9-11H2,1-2H3/t21-/m0/s1. The lowest BCUT2D eigenvalue weighted by Gasteiger charge is -2.32. The van der Waals surface area contributed by atoms with Gasteiger partial charge >= 0.3 is 0 Å². The third kappa shape index (κ3) is 4.30. The van der Waals surface area contributed by atoms with Crippen molar-refractivity contribution >= 4 is 17.5 Å². The molecule has 8 nitrogen and oxygen atoms in total. The fourth-order valence-corrected chi connectivity index (χ4v) is 4.52. The van der Waals surface area contributed by atoms with Crippen molar-refractivity contribution in [3.63, 3.8) is 0 Å². The molecule has 1 aliphatic heterocycles. The van der Waals surface area contributed by atoms with E-state index in [1.165, 1.54) is 0 Å². The highest BCUT2D eigenvalue weighted by Gasteiger charge is 2.34. The fourth-order valence-electron chi connectivity index (χ4n) is 4.31. The number of oxazole rings is 1. The van der Waals surface area contributed by atoms with E-state index < -0.39 is 0 Å². The topological polar surface area (TPSA) is 90.2 Å². The quantitative estimate of drug-likeness (QED) is 0.412. The third-order valence-corrected chi connectivity index (χ3v) is 6.32. The summed E-state index contributed by atoms with van der Waals surface area (Å²) in [7, 11) is 1.84. The van der Waals surface area contributed by atoms with Crippen LogP contribution in [0.4, 0.5) is 0 Å². The maximum atomic E-state index is 13.3. The molecule has 1 fully saturated rings. The Morgan fingerprint density at radius 3 is 2.91 bits per heavy atom. The average Bonchev–Trinajstić information content (AvgIpc) is 3.55. The van der Waals surface area contributed by atoms with E-state index in [9.17, 15) is 4.79 Å². The van der Waals surface area contributed by atoms with Crippen LogP contribution in [0.15, 0.2) is 51.7 Å². The number of aryl methyl sites for hydroxylation is 2. The number of carbonyl (C=O) groups excluding carboxylic acids is 1. The number of hydrogen-bond donors (Lipinski definition) is 0. The van der Waals surface area contributed by atoms with Crippen LogP contribution in [0.3, 0.4) is 0 Å². The molecular weight excluding hydrogens is 442 g/mol. The van der Waals surface area contributed by atoms with Gasteiger partial charge in [0.05, 0.1) is 11.9 Å². The van der Waals surface area contributed by atoms with Crippen molar-refractivity contribution in [3.05, 3.63) is 76.4 Å². The number of likely N-dealkylation sites (tertiary alicyclic amines) is 1. The first-order valence-electron chi connectivity index (χ1n) is 11.0. The smallest absolute Gasteiger partial charge is 0.293 e. The molecule has 0 saturated carbocycles. The molecule has 4 aromatic rings. The van der Waals surface area contributed by atoms with Crippen LogP contribution >= 0.6 is 11.6 Å². The zero-order valence-corrected chi connectivity index (χ0v) is 19.2. The van der Waals surface area contributed by atoms with Gasteiger partial charge in [-0.3, -0.25) is 9.48 Å². The lowest BCUT2D eigenvalue weighted by atomic mass is 10.0. The van der Waals surface area contributed by atoms with Gasteiger partial charge in [-0.05, 0) is 37.8 Å². The minimum absolute atomic E-state index is 0.197. The van der Waals surface area contributed by atoms with E-state index in [0.29, 0.717) is 35.3 Å². The second-order valence-electron chi connectivity index (χ2n) is 8.32. The molecule has 0 spiro atoms.